The van der Waals surface area contributed by atoms with E-state index in [1.165, 1.54) is 6.33 Å². The minimum Gasteiger partial charge on any atom is -0.417 e. The average Bonchev–Trinajstić information content (AvgIpc) is 2.98. The Balaban J connectivity index is 1.72. The van der Waals surface area contributed by atoms with Gasteiger partial charge in [-0.2, -0.15) is 0 Å². The maximum atomic E-state index is 6.44. The number of imidazole rings is 1. The third kappa shape index (κ3) is 3.81. The first-order valence-corrected chi connectivity index (χ1v) is 12.1. The summed E-state index contributed by atoms with van der Waals surface area (Å²) in [7, 11) is -1.71. The van der Waals surface area contributed by atoms with E-state index in [2.05, 4.69) is 65.5 Å². The first-order valence-electron chi connectivity index (χ1n) is 8.83. The summed E-state index contributed by atoms with van der Waals surface area (Å²) in [4.78, 5) is 12.8. The van der Waals surface area contributed by atoms with Crippen LogP contribution in [0.25, 0.3) is 11.2 Å². The van der Waals surface area contributed by atoms with E-state index in [1.807, 2.05) is 6.33 Å². The van der Waals surface area contributed by atoms with Crippen LogP contribution in [0.3, 0.4) is 0 Å². The zero-order valence-corrected chi connectivity index (χ0v) is 17.4. The largest absolute Gasteiger partial charge is 0.417 e. The molecule has 1 aliphatic carbocycles. The van der Waals surface area contributed by atoms with Crippen LogP contribution in [-0.2, 0) is 4.43 Å². The maximum Gasteiger partial charge on any atom is 0.191 e. The van der Waals surface area contributed by atoms with E-state index in [-0.39, 0.29) is 11.1 Å². The summed E-state index contributed by atoms with van der Waals surface area (Å²) in [6, 6.07) is 0.234. The van der Waals surface area contributed by atoms with Gasteiger partial charge in [0.15, 0.2) is 19.1 Å². The molecule has 0 bridgehead atoms. The van der Waals surface area contributed by atoms with Crippen molar-refractivity contribution in [1.82, 2.24) is 19.5 Å². The predicted molar refractivity (Wildman–Crippen MR) is 104 cm³/mol. The Morgan fingerprint density at radius 3 is 2.76 bits per heavy atom. The fraction of sp³-hybridized carbons (Fsp3) is 0.611. The minimum absolute atomic E-state index is 0.234. The number of hydrogen-bond donors (Lipinski definition) is 0. The van der Waals surface area contributed by atoms with E-state index in [0.29, 0.717) is 16.6 Å². The molecule has 1 aliphatic rings. The molecular formula is C18H27ClN4OSi. The van der Waals surface area contributed by atoms with Crippen LogP contribution in [-0.4, -0.2) is 34.4 Å². The summed E-state index contributed by atoms with van der Waals surface area (Å²) in [5.41, 5.74) is 1.46. The van der Waals surface area contributed by atoms with Crippen molar-refractivity contribution in [3.63, 3.8) is 0 Å². The molecule has 25 heavy (non-hydrogen) atoms. The highest BCUT2D eigenvalue weighted by Gasteiger charge is 2.37. The lowest BCUT2D eigenvalue weighted by atomic mass is 9.91. The number of nitrogens with zero attached hydrogens (tertiary/aromatic N) is 4. The summed E-state index contributed by atoms with van der Waals surface area (Å²) < 4.78 is 8.53. The minimum atomic E-state index is -1.71. The van der Waals surface area contributed by atoms with Crippen molar-refractivity contribution in [2.45, 2.75) is 57.8 Å². The predicted octanol–water partition coefficient (Wildman–Crippen LogP) is 5.01. The summed E-state index contributed by atoms with van der Waals surface area (Å²) >= 11 is 6.12. The highest BCUT2D eigenvalue weighted by molar-refractivity contribution is 6.74. The van der Waals surface area contributed by atoms with Crippen molar-refractivity contribution in [3.8, 4) is 0 Å². The number of aromatic nitrogens is 4. The van der Waals surface area contributed by atoms with Crippen LogP contribution < -0.4 is 0 Å². The topological polar surface area (TPSA) is 52.8 Å². The molecule has 0 aliphatic heterocycles. The summed E-state index contributed by atoms with van der Waals surface area (Å²) in [5.74, 6) is 0.513. The van der Waals surface area contributed by atoms with Crippen molar-refractivity contribution >= 4 is 31.1 Å². The van der Waals surface area contributed by atoms with Crippen LogP contribution in [0.1, 0.15) is 39.7 Å². The molecule has 5 nitrogen and oxygen atoms in total. The molecule has 2 heterocycles. The van der Waals surface area contributed by atoms with Crippen molar-refractivity contribution < 1.29 is 4.43 Å². The zero-order valence-electron chi connectivity index (χ0n) is 15.7. The highest BCUT2D eigenvalue weighted by atomic mass is 35.5. The van der Waals surface area contributed by atoms with Crippen LogP contribution in [0.5, 0.6) is 0 Å². The lowest BCUT2D eigenvalue weighted by Crippen LogP contribution is -2.42. The Bertz CT molecular complexity index is 781. The van der Waals surface area contributed by atoms with Gasteiger partial charge in [-0.05, 0) is 36.9 Å². The molecule has 0 saturated heterocycles. The Morgan fingerprint density at radius 1 is 1.28 bits per heavy atom. The molecule has 3 rings (SSSR count). The molecule has 0 spiro atoms. The monoisotopic (exact) mass is 378 g/mol. The molecule has 136 valence electrons. The second-order valence-electron chi connectivity index (χ2n) is 8.39. The number of allylic oxidation sites excluding steroid dienone is 2. The highest BCUT2D eigenvalue weighted by Crippen LogP contribution is 2.38. The second-order valence-corrected chi connectivity index (χ2v) is 13.6. The molecule has 2 atom stereocenters. The Hall–Kier alpha value is -1.24. The van der Waals surface area contributed by atoms with Gasteiger partial charge in [0.1, 0.15) is 11.8 Å². The summed E-state index contributed by atoms with van der Waals surface area (Å²) in [5, 5.41) is 0.645. The zero-order chi connectivity index (χ0) is 18.2. The van der Waals surface area contributed by atoms with Gasteiger partial charge >= 0.3 is 0 Å². The second kappa shape index (κ2) is 6.82. The molecule has 0 aromatic carbocycles. The molecule has 0 N–H and O–H groups in total. The molecule has 7 heteroatoms. The Morgan fingerprint density at radius 2 is 2.04 bits per heavy atom. The molecule has 0 saturated carbocycles. The molecule has 2 aromatic rings. The van der Waals surface area contributed by atoms with Gasteiger partial charge < -0.3 is 8.99 Å². The molecule has 0 fully saturated rings. The van der Waals surface area contributed by atoms with Crippen LogP contribution in [0.15, 0.2) is 24.8 Å². The molecule has 0 radical (unpaired) electrons. The third-order valence-corrected chi connectivity index (χ3v) is 10.3. The SMILES string of the molecule is CC(C)(C)[Si](C)(C)OC[C@@H]1CC=C[C@H](n2cnc3c(Cl)ncnc32)C1. The normalized spacial score (nSPS) is 21.8. The Labute approximate surface area is 155 Å². The van der Waals surface area contributed by atoms with Crippen LogP contribution >= 0.6 is 11.6 Å². The molecule has 2 aromatic heterocycles. The van der Waals surface area contributed by atoms with E-state index in [0.717, 1.165) is 25.1 Å². The van der Waals surface area contributed by atoms with Crippen LogP contribution in [0, 0.1) is 5.92 Å². The fourth-order valence-electron chi connectivity index (χ4n) is 2.90. The van der Waals surface area contributed by atoms with Gasteiger partial charge in [0.2, 0.25) is 0 Å². The fourth-order valence-corrected chi connectivity index (χ4v) is 4.16. The first-order chi connectivity index (χ1) is 11.7. The molecule has 0 unspecified atom stereocenters. The maximum absolute atomic E-state index is 6.44. The summed E-state index contributed by atoms with van der Waals surface area (Å²) in [6.45, 7) is 12.3. The third-order valence-electron chi connectivity index (χ3n) is 5.56. The van der Waals surface area contributed by atoms with Gasteiger partial charge in [-0.1, -0.05) is 44.5 Å². The van der Waals surface area contributed by atoms with Gasteiger partial charge in [0.25, 0.3) is 0 Å². The molecular weight excluding hydrogens is 352 g/mol. The van der Waals surface area contributed by atoms with Crippen molar-refractivity contribution in [2.75, 3.05) is 6.61 Å². The number of rotatable bonds is 4. The van der Waals surface area contributed by atoms with Crippen molar-refractivity contribution in [2.24, 2.45) is 5.92 Å². The van der Waals surface area contributed by atoms with E-state index < -0.39 is 8.32 Å². The van der Waals surface area contributed by atoms with Crippen LogP contribution in [0.2, 0.25) is 23.3 Å². The molecule has 0 amide bonds. The van der Waals surface area contributed by atoms with Gasteiger partial charge in [-0.15, -0.1) is 0 Å². The van der Waals surface area contributed by atoms with Gasteiger partial charge in [0, 0.05) is 6.61 Å². The van der Waals surface area contributed by atoms with Crippen LogP contribution in [0.4, 0.5) is 0 Å². The quantitative estimate of drug-likeness (QED) is 0.426. The van der Waals surface area contributed by atoms with Gasteiger partial charge in [-0.3, -0.25) is 0 Å². The lowest BCUT2D eigenvalue weighted by Gasteiger charge is -2.38. The number of hydrogen-bond acceptors (Lipinski definition) is 4. The van der Waals surface area contributed by atoms with Gasteiger partial charge in [-0.25, -0.2) is 15.0 Å². The standard InChI is InChI=1S/C18H27ClN4OSi/c1-18(2,3)25(4,5)24-10-13-7-6-8-14(9-13)23-12-22-15-16(19)20-11-21-17(15)23/h6,8,11-14H,7,9-10H2,1-5H3/t13-,14+/m1/s1. The van der Waals surface area contributed by atoms with Crippen molar-refractivity contribution in [1.29, 1.82) is 0 Å². The van der Waals surface area contributed by atoms with E-state index in [1.54, 1.807) is 0 Å². The lowest BCUT2D eigenvalue weighted by molar-refractivity contribution is 0.207. The first kappa shape index (κ1) is 18.5. The number of fused-ring (bicyclic) bond motifs is 1. The Kier molecular flexibility index (Phi) is 5.06. The average molecular weight is 379 g/mol. The van der Waals surface area contributed by atoms with Crippen molar-refractivity contribution in [3.05, 3.63) is 30.0 Å². The number of halogens is 1. The van der Waals surface area contributed by atoms with E-state index in [9.17, 15) is 0 Å². The smallest absolute Gasteiger partial charge is 0.191 e. The van der Waals surface area contributed by atoms with E-state index in [4.69, 9.17) is 16.0 Å². The van der Waals surface area contributed by atoms with E-state index >= 15 is 0 Å². The summed E-state index contributed by atoms with van der Waals surface area (Å²) in [6.07, 6.45) is 9.89. The van der Waals surface area contributed by atoms with Gasteiger partial charge in [0.05, 0.1) is 12.4 Å².